The van der Waals surface area contributed by atoms with E-state index < -0.39 is 0 Å². The molecule has 0 saturated heterocycles. The minimum absolute atomic E-state index is 0.669. The first-order chi connectivity index (χ1) is 8.83. The van der Waals surface area contributed by atoms with Gasteiger partial charge in [0.1, 0.15) is 0 Å². The molecule has 0 unspecified atom stereocenters. The van der Waals surface area contributed by atoms with Crippen molar-refractivity contribution in [2.45, 2.75) is 19.4 Å². The van der Waals surface area contributed by atoms with Crippen LogP contribution in [0.1, 0.15) is 23.2 Å². The van der Waals surface area contributed by atoms with Gasteiger partial charge in [-0.2, -0.15) is 5.26 Å². The van der Waals surface area contributed by atoms with Gasteiger partial charge in [0.05, 0.1) is 18.0 Å². The Morgan fingerprint density at radius 3 is 2.72 bits per heavy atom. The Balaban J connectivity index is 2.08. The Morgan fingerprint density at radius 1 is 1.28 bits per heavy atom. The highest BCUT2D eigenvalue weighted by Crippen LogP contribution is 2.09. The van der Waals surface area contributed by atoms with E-state index in [-0.39, 0.29) is 0 Å². The lowest BCUT2D eigenvalue weighted by Gasteiger charge is -2.07. The first-order valence-corrected chi connectivity index (χ1v) is 6.41. The van der Waals surface area contributed by atoms with E-state index >= 15 is 0 Å². The van der Waals surface area contributed by atoms with Gasteiger partial charge in [0.15, 0.2) is 0 Å². The molecule has 0 aliphatic carbocycles. The second-order valence-corrected chi connectivity index (χ2v) is 4.49. The molecule has 0 aliphatic rings. The van der Waals surface area contributed by atoms with Gasteiger partial charge in [-0.1, -0.05) is 12.1 Å². The molecule has 0 spiro atoms. The van der Waals surface area contributed by atoms with Crippen LogP contribution in [0.2, 0.25) is 0 Å². The van der Waals surface area contributed by atoms with E-state index in [9.17, 15) is 0 Å². The Labute approximate surface area is 112 Å². The minimum Gasteiger partial charge on any atom is -0.330 e. The van der Waals surface area contributed by atoms with E-state index in [1.165, 1.54) is 11.3 Å². The van der Waals surface area contributed by atoms with E-state index in [0.717, 1.165) is 19.4 Å². The summed E-state index contributed by atoms with van der Waals surface area (Å²) in [6.07, 6.45) is 5.62. The molecule has 0 bridgehead atoms. The fraction of sp³-hybridized carbons (Fsp3) is 0.286. The SMILES string of the molecule is N#Cc1ccc(Cn2cncc2CCCCl)cc1. The molecule has 18 heavy (non-hydrogen) atoms. The quantitative estimate of drug-likeness (QED) is 0.775. The molecular formula is C14H14ClN3. The fourth-order valence-electron chi connectivity index (χ4n) is 1.83. The monoisotopic (exact) mass is 259 g/mol. The van der Waals surface area contributed by atoms with Crippen molar-refractivity contribution < 1.29 is 0 Å². The van der Waals surface area contributed by atoms with Crippen LogP contribution < -0.4 is 0 Å². The summed E-state index contributed by atoms with van der Waals surface area (Å²) in [7, 11) is 0. The number of alkyl halides is 1. The topological polar surface area (TPSA) is 41.6 Å². The Bertz CT molecular complexity index is 537. The average Bonchev–Trinajstić information content (AvgIpc) is 2.84. The lowest BCUT2D eigenvalue weighted by atomic mass is 10.1. The highest BCUT2D eigenvalue weighted by atomic mass is 35.5. The van der Waals surface area contributed by atoms with Crippen molar-refractivity contribution in [1.29, 1.82) is 5.26 Å². The number of nitrogens with zero attached hydrogens (tertiary/aromatic N) is 3. The van der Waals surface area contributed by atoms with Gasteiger partial charge in [-0.25, -0.2) is 4.98 Å². The number of imidazole rings is 1. The molecule has 3 nitrogen and oxygen atoms in total. The molecule has 1 aromatic heterocycles. The van der Waals surface area contributed by atoms with Crippen LogP contribution in [-0.2, 0) is 13.0 Å². The van der Waals surface area contributed by atoms with E-state index in [0.29, 0.717) is 11.4 Å². The molecule has 1 heterocycles. The highest BCUT2D eigenvalue weighted by molar-refractivity contribution is 6.17. The van der Waals surface area contributed by atoms with Gasteiger partial charge in [0.25, 0.3) is 0 Å². The molecule has 0 atom stereocenters. The lowest BCUT2D eigenvalue weighted by molar-refractivity contribution is 0.724. The van der Waals surface area contributed by atoms with Gasteiger partial charge in [-0.15, -0.1) is 11.6 Å². The van der Waals surface area contributed by atoms with Crippen LogP contribution in [0.5, 0.6) is 0 Å². The normalized spacial score (nSPS) is 10.2. The smallest absolute Gasteiger partial charge is 0.0991 e. The Morgan fingerprint density at radius 2 is 2.06 bits per heavy atom. The molecule has 1 aromatic carbocycles. The van der Waals surface area contributed by atoms with Crippen molar-refractivity contribution in [3.8, 4) is 6.07 Å². The third kappa shape index (κ3) is 3.12. The summed E-state index contributed by atoms with van der Waals surface area (Å²) >= 11 is 5.70. The second kappa shape index (κ2) is 6.23. The zero-order valence-electron chi connectivity index (χ0n) is 10.0. The van der Waals surface area contributed by atoms with Crippen LogP contribution >= 0.6 is 11.6 Å². The third-order valence-electron chi connectivity index (χ3n) is 2.80. The number of hydrogen-bond acceptors (Lipinski definition) is 2. The van der Waals surface area contributed by atoms with Crippen LogP contribution in [0.4, 0.5) is 0 Å². The molecular weight excluding hydrogens is 246 g/mol. The highest BCUT2D eigenvalue weighted by Gasteiger charge is 2.02. The van der Waals surface area contributed by atoms with Crippen LogP contribution in [-0.4, -0.2) is 15.4 Å². The molecule has 0 saturated carbocycles. The maximum Gasteiger partial charge on any atom is 0.0991 e. The third-order valence-corrected chi connectivity index (χ3v) is 3.07. The van der Waals surface area contributed by atoms with Crippen LogP contribution in [0.3, 0.4) is 0 Å². The predicted molar refractivity (Wildman–Crippen MR) is 71.5 cm³/mol. The van der Waals surface area contributed by atoms with Crippen LogP contribution in [0, 0.1) is 11.3 Å². The van der Waals surface area contributed by atoms with Crippen molar-refractivity contribution in [2.75, 3.05) is 5.88 Å². The molecule has 2 rings (SSSR count). The Kier molecular flexibility index (Phi) is 4.38. The van der Waals surface area contributed by atoms with E-state index in [4.69, 9.17) is 16.9 Å². The number of rotatable bonds is 5. The van der Waals surface area contributed by atoms with Crippen molar-refractivity contribution in [2.24, 2.45) is 0 Å². The second-order valence-electron chi connectivity index (χ2n) is 4.11. The van der Waals surface area contributed by atoms with Crippen molar-refractivity contribution in [3.05, 3.63) is 53.6 Å². The summed E-state index contributed by atoms with van der Waals surface area (Å²) in [5.74, 6) is 0.669. The van der Waals surface area contributed by atoms with Gasteiger partial charge < -0.3 is 4.57 Å². The molecule has 2 aromatic rings. The number of aryl methyl sites for hydroxylation is 1. The summed E-state index contributed by atoms with van der Waals surface area (Å²) in [6, 6.07) is 9.75. The number of hydrogen-bond donors (Lipinski definition) is 0. The molecule has 0 amide bonds. The zero-order chi connectivity index (χ0) is 12.8. The molecule has 0 N–H and O–H groups in total. The summed E-state index contributed by atoms with van der Waals surface area (Å²) in [4.78, 5) is 4.17. The number of benzene rings is 1. The average molecular weight is 260 g/mol. The van der Waals surface area contributed by atoms with Crippen molar-refractivity contribution >= 4 is 11.6 Å². The van der Waals surface area contributed by atoms with E-state index in [1.807, 2.05) is 36.8 Å². The maximum atomic E-state index is 8.75. The van der Waals surface area contributed by atoms with Gasteiger partial charge in [0, 0.05) is 24.3 Å². The Hall–Kier alpha value is -1.79. The number of aromatic nitrogens is 2. The van der Waals surface area contributed by atoms with Gasteiger partial charge in [-0.3, -0.25) is 0 Å². The van der Waals surface area contributed by atoms with Gasteiger partial charge in [0.2, 0.25) is 0 Å². The number of halogens is 1. The van der Waals surface area contributed by atoms with E-state index in [2.05, 4.69) is 15.6 Å². The fourth-order valence-corrected chi connectivity index (χ4v) is 1.96. The van der Waals surface area contributed by atoms with Crippen LogP contribution in [0.15, 0.2) is 36.8 Å². The van der Waals surface area contributed by atoms with E-state index in [1.54, 1.807) is 0 Å². The van der Waals surface area contributed by atoms with Gasteiger partial charge >= 0.3 is 0 Å². The molecule has 0 radical (unpaired) electrons. The minimum atomic E-state index is 0.669. The first-order valence-electron chi connectivity index (χ1n) is 5.87. The van der Waals surface area contributed by atoms with Crippen molar-refractivity contribution in [1.82, 2.24) is 9.55 Å². The van der Waals surface area contributed by atoms with Gasteiger partial charge in [-0.05, 0) is 30.5 Å². The predicted octanol–water partition coefficient (Wildman–Crippen LogP) is 2.97. The van der Waals surface area contributed by atoms with Crippen molar-refractivity contribution in [3.63, 3.8) is 0 Å². The van der Waals surface area contributed by atoms with Crippen LogP contribution in [0.25, 0.3) is 0 Å². The standard InChI is InChI=1S/C14H14ClN3/c15-7-1-2-14-9-17-11-18(14)10-13-5-3-12(8-16)4-6-13/h3-6,9,11H,1-2,7,10H2. The first kappa shape index (κ1) is 12.7. The molecule has 0 fully saturated rings. The zero-order valence-corrected chi connectivity index (χ0v) is 10.8. The summed E-state index contributed by atoms with van der Waals surface area (Å²) in [5.41, 5.74) is 3.05. The molecule has 0 aliphatic heterocycles. The summed E-state index contributed by atoms with van der Waals surface area (Å²) in [5, 5.41) is 8.75. The summed E-state index contributed by atoms with van der Waals surface area (Å²) in [6.45, 7) is 0.781. The maximum absolute atomic E-state index is 8.75. The molecule has 92 valence electrons. The molecule has 4 heteroatoms. The number of nitriles is 1. The largest absolute Gasteiger partial charge is 0.330 e. The summed E-state index contributed by atoms with van der Waals surface area (Å²) < 4.78 is 2.12. The lowest BCUT2D eigenvalue weighted by Crippen LogP contribution is -2.03.